The third-order valence-electron chi connectivity index (χ3n) is 3.65. The summed E-state index contributed by atoms with van der Waals surface area (Å²) >= 11 is 7.16. The van der Waals surface area contributed by atoms with Gasteiger partial charge in [0.25, 0.3) is 5.91 Å². The summed E-state index contributed by atoms with van der Waals surface area (Å²) in [5, 5.41) is 11.8. The molecule has 1 aromatic heterocycles. The summed E-state index contributed by atoms with van der Waals surface area (Å²) in [7, 11) is 0. The first-order valence-electron chi connectivity index (χ1n) is 7.64. The first-order valence-corrected chi connectivity index (χ1v) is 8.83. The van der Waals surface area contributed by atoms with Crippen molar-refractivity contribution in [1.82, 2.24) is 10.2 Å². The van der Waals surface area contributed by atoms with Crippen LogP contribution < -0.4 is 5.32 Å². The Labute approximate surface area is 153 Å². The van der Waals surface area contributed by atoms with Crippen LogP contribution >= 0.6 is 22.9 Å². The molecule has 0 saturated carbocycles. The van der Waals surface area contributed by atoms with Gasteiger partial charge in [-0.25, -0.2) is 4.39 Å². The van der Waals surface area contributed by atoms with Crippen LogP contribution in [0.2, 0.25) is 5.02 Å². The Bertz CT molecular complexity index is 909. The van der Waals surface area contributed by atoms with Crippen LogP contribution in [0.4, 0.5) is 9.52 Å². The van der Waals surface area contributed by atoms with E-state index in [-0.39, 0.29) is 10.6 Å². The summed E-state index contributed by atoms with van der Waals surface area (Å²) in [6.07, 6.45) is 0. The molecule has 1 N–H and O–H groups in total. The van der Waals surface area contributed by atoms with E-state index in [1.165, 1.54) is 29.0 Å². The largest absolute Gasteiger partial charge is 0.296 e. The quantitative estimate of drug-likeness (QED) is 0.666. The number of hydrogen-bond donors (Lipinski definition) is 1. The number of rotatable bonds is 4. The topological polar surface area (TPSA) is 54.9 Å². The van der Waals surface area contributed by atoms with E-state index in [0.29, 0.717) is 16.1 Å². The molecule has 7 heteroatoms. The van der Waals surface area contributed by atoms with Gasteiger partial charge in [-0.2, -0.15) is 0 Å². The van der Waals surface area contributed by atoms with Crippen LogP contribution in [0, 0.1) is 5.82 Å². The molecular weight excluding hydrogens is 361 g/mol. The standard InChI is InChI=1S/C18H15ClFN3OS/c1-10(2)11-3-5-12(6-4-11)17-22-23-18(25-17)21-16(24)14-8-7-13(20)9-15(14)19/h3-10H,1-2H3,(H,21,23,24). The first kappa shape index (κ1) is 17.5. The molecule has 1 heterocycles. The molecule has 0 fully saturated rings. The minimum absolute atomic E-state index is 0.0477. The maximum Gasteiger partial charge on any atom is 0.259 e. The number of nitrogens with one attached hydrogen (secondary N) is 1. The summed E-state index contributed by atoms with van der Waals surface area (Å²) in [5.74, 6) is -0.494. The number of halogens is 2. The minimum atomic E-state index is -0.496. The van der Waals surface area contributed by atoms with E-state index in [1.807, 2.05) is 12.1 Å². The Morgan fingerprint density at radius 3 is 2.52 bits per heavy atom. The Balaban J connectivity index is 1.76. The summed E-state index contributed by atoms with van der Waals surface area (Å²) in [4.78, 5) is 12.2. The molecule has 128 valence electrons. The fourth-order valence-electron chi connectivity index (χ4n) is 2.24. The molecule has 0 unspecified atom stereocenters. The van der Waals surface area contributed by atoms with E-state index in [1.54, 1.807) is 0 Å². The lowest BCUT2D eigenvalue weighted by Crippen LogP contribution is -2.12. The van der Waals surface area contributed by atoms with Crippen LogP contribution in [-0.4, -0.2) is 16.1 Å². The van der Waals surface area contributed by atoms with Gasteiger partial charge in [-0.15, -0.1) is 10.2 Å². The van der Waals surface area contributed by atoms with Crippen molar-refractivity contribution in [2.75, 3.05) is 5.32 Å². The molecule has 25 heavy (non-hydrogen) atoms. The van der Waals surface area contributed by atoms with E-state index in [9.17, 15) is 9.18 Å². The number of nitrogens with zero attached hydrogens (tertiary/aromatic N) is 2. The van der Waals surface area contributed by atoms with E-state index in [0.717, 1.165) is 11.6 Å². The lowest BCUT2D eigenvalue weighted by molar-refractivity contribution is 0.102. The van der Waals surface area contributed by atoms with Gasteiger partial charge in [0.2, 0.25) is 5.13 Å². The number of hydrogen-bond acceptors (Lipinski definition) is 4. The molecule has 0 atom stereocenters. The van der Waals surface area contributed by atoms with Crippen LogP contribution in [0.1, 0.15) is 35.7 Å². The summed E-state index contributed by atoms with van der Waals surface area (Å²) in [6.45, 7) is 4.27. The second kappa shape index (κ2) is 7.29. The second-order valence-electron chi connectivity index (χ2n) is 5.77. The molecule has 0 spiro atoms. The number of carbonyl (C=O) groups excluding carboxylic acids is 1. The molecule has 0 saturated heterocycles. The van der Waals surface area contributed by atoms with Gasteiger partial charge < -0.3 is 0 Å². The van der Waals surface area contributed by atoms with Crippen molar-refractivity contribution in [1.29, 1.82) is 0 Å². The third kappa shape index (κ3) is 4.03. The smallest absolute Gasteiger partial charge is 0.259 e. The molecule has 0 aliphatic rings. The number of amides is 1. The van der Waals surface area contributed by atoms with Gasteiger partial charge in [-0.3, -0.25) is 10.1 Å². The van der Waals surface area contributed by atoms with Gasteiger partial charge in [0.1, 0.15) is 10.8 Å². The zero-order chi connectivity index (χ0) is 18.0. The van der Waals surface area contributed by atoms with Crippen LogP contribution in [0.3, 0.4) is 0 Å². The molecule has 0 aliphatic heterocycles. The zero-order valence-electron chi connectivity index (χ0n) is 13.6. The Hall–Kier alpha value is -2.31. The van der Waals surface area contributed by atoms with Gasteiger partial charge in [-0.05, 0) is 29.7 Å². The molecule has 2 aromatic carbocycles. The van der Waals surface area contributed by atoms with Crippen LogP contribution in [0.25, 0.3) is 10.6 Å². The van der Waals surface area contributed by atoms with E-state index < -0.39 is 11.7 Å². The predicted molar refractivity (Wildman–Crippen MR) is 98.8 cm³/mol. The number of benzene rings is 2. The summed E-state index contributed by atoms with van der Waals surface area (Å²) in [5.41, 5.74) is 2.36. The van der Waals surface area contributed by atoms with Crippen LogP contribution in [-0.2, 0) is 0 Å². The maximum atomic E-state index is 13.1. The Morgan fingerprint density at radius 2 is 1.88 bits per heavy atom. The van der Waals surface area contributed by atoms with Gasteiger partial charge in [0.15, 0.2) is 0 Å². The van der Waals surface area contributed by atoms with Gasteiger partial charge in [0.05, 0.1) is 10.6 Å². The SMILES string of the molecule is CC(C)c1ccc(-c2nnc(NC(=O)c3ccc(F)cc3Cl)s2)cc1. The van der Waals surface area contributed by atoms with Crippen molar-refractivity contribution >= 4 is 34.0 Å². The van der Waals surface area contributed by atoms with E-state index in [4.69, 9.17) is 11.6 Å². The average Bonchev–Trinajstić information content (AvgIpc) is 3.03. The summed E-state index contributed by atoms with van der Waals surface area (Å²) < 4.78 is 13.1. The van der Waals surface area contributed by atoms with Crippen molar-refractivity contribution < 1.29 is 9.18 Å². The lowest BCUT2D eigenvalue weighted by Gasteiger charge is -2.05. The number of carbonyl (C=O) groups is 1. The predicted octanol–water partition coefficient (Wildman–Crippen LogP) is 5.37. The third-order valence-corrected chi connectivity index (χ3v) is 4.85. The molecule has 3 rings (SSSR count). The molecule has 3 aromatic rings. The van der Waals surface area contributed by atoms with E-state index >= 15 is 0 Å². The van der Waals surface area contributed by atoms with Crippen molar-refractivity contribution in [3.63, 3.8) is 0 Å². The highest BCUT2D eigenvalue weighted by Gasteiger charge is 2.14. The van der Waals surface area contributed by atoms with Crippen molar-refractivity contribution in [3.8, 4) is 10.6 Å². The van der Waals surface area contributed by atoms with Crippen LogP contribution in [0.15, 0.2) is 42.5 Å². The van der Waals surface area contributed by atoms with Gasteiger partial charge in [0, 0.05) is 5.56 Å². The van der Waals surface area contributed by atoms with E-state index in [2.05, 4.69) is 41.5 Å². The monoisotopic (exact) mass is 375 g/mol. The van der Waals surface area contributed by atoms with Crippen molar-refractivity contribution in [2.24, 2.45) is 0 Å². The van der Waals surface area contributed by atoms with Crippen molar-refractivity contribution in [2.45, 2.75) is 19.8 Å². The fraction of sp³-hybridized carbons (Fsp3) is 0.167. The average molecular weight is 376 g/mol. The molecule has 0 radical (unpaired) electrons. The number of anilines is 1. The molecular formula is C18H15ClFN3OS. The minimum Gasteiger partial charge on any atom is -0.296 e. The zero-order valence-corrected chi connectivity index (χ0v) is 15.2. The van der Waals surface area contributed by atoms with Gasteiger partial charge >= 0.3 is 0 Å². The summed E-state index contributed by atoms with van der Waals surface area (Å²) in [6, 6.07) is 11.7. The first-order chi connectivity index (χ1) is 11.9. The highest BCUT2D eigenvalue weighted by atomic mass is 35.5. The van der Waals surface area contributed by atoms with Crippen molar-refractivity contribution in [3.05, 3.63) is 64.4 Å². The second-order valence-corrected chi connectivity index (χ2v) is 7.15. The Morgan fingerprint density at radius 1 is 1.16 bits per heavy atom. The highest BCUT2D eigenvalue weighted by molar-refractivity contribution is 7.18. The normalized spacial score (nSPS) is 10.9. The molecule has 0 bridgehead atoms. The molecule has 4 nitrogen and oxygen atoms in total. The Kier molecular flexibility index (Phi) is 5.11. The van der Waals surface area contributed by atoms with Gasteiger partial charge in [-0.1, -0.05) is 61.1 Å². The lowest BCUT2D eigenvalue weighted by atomic mass is 10.0. The molecule has 0 aliphatic carbocycles. The maximum absolute atomic E-state index is 13.1. The number of aromatic nitrogens is 2. The van der Waals surface area contributed by atoms with Crippen LogP contribution in [0.5, 0.6) is 0 Å². The molecule has 1 amide bonds. The fourth-order valence-corrected chi connectivity index (χ4v) is 3.24. The highest BCUT2D eigenvalue weighted by Crippen LogP contribution is 2.28.